The number of hydrogen-bond donors (Lipinski definition) is 2. The van der Waals surface area contributed by atoms with Crippen LogP contribution < -0.4 is 5.73 Å². The van der Waals surface area contributed by atoms with E-state index in [-0.39, 0.29) is 0 Å². The van der Waals surface area contributed by atoms with Crippen LogP contribution in [0.2, 0.25) is 0 Å². The maximum Gasteiger partial charge on any atom is 0.314 e. The van der Waals surface area contributed by atoms with Crippen LogP contribution in [0.4, 0.5) is 0 Å². The summed E-state index contributed by atoms with van der Waals surface area (Å²) >= 11 is 0. The minimum atomic E-state index is -0.896. The Hall–Kier alpha value is -1.65. The molecule has 1 aromatic carbocycles. The van der Waals surface area contributed by atoms with Crippen molar-refractivity contribution in [1.82, 2.24) is 0 Å². The average Bonchev–Trinajstić information content (AvgIpc) is 2.44. The zero-order valence-electron chi connectivity index (χ0n) is 12.5. The number of ether oxygens (including phenoxy) is 1. The van der Waals surface area contributed by atoms with Crippen LogP contribution in [0.25, 0.3) is 0 Å². The van der Waals surface area contributed by atoms with Gasteiger partial charge in [0.2, 0.25) is 0 Å². The van der Waals surface area contributed by atoms with Gasteiger partial charge in [-0.25, -0.2) is 0 Å². The number of carboxylic acids is 1. The SMILES string of the molecule is C=CCC(CCC)(C(=O)O)c1ccc(C2(N)COC2)cc1. The fraction of sp³-hybridized carbons (Fsp3) is 0.471. The van der Waals surface area contributed by atoms with E-state index in [1.54, 1.807) is 6.08 Å². The Labute approximate surface area is 125 Å². The Balaban J connectivity index is 2.36. The molecule has 0 amide bonds. The molecule has 1 heterocycles. The van der Waals surface area contributed by atoms with Crippen LogP contribution >= 0.6 is 0 Å². The Morgan fingerprint density at radius 1 is 1.48 bits per heavy atom. The summed E-state index contributed by atoms with van der Waals surface area (Å²) in [5.74, 6) is -0.800. The van der Waals surface area contributed by atoms with Crippen LogP contribution in [-0.2, 0) is 20.5 Å². The molecule has 3 N–H and O–H groups in total. The van der Waals surface area contributed by atoms with Crippen molar-refractivity contribution in [1.29, 1.82) is 0 Å². The number of allylic oxidation sites excluding steroid dienone is 1. The summed E-state index contributed by atoms with van der Waals surface area (Å²) in [6, 6.07) is 7.62. The van der Waals surface area contributed by atoms with Crippen LogP contribution in [-0.4, -0.2) is 24.3 Å². The molecule has 4 heteroatoms. The first-order valence-electron chi connectivity index (χ1n) is 7.30. The van der Waals surface area contributed by atoms with Gasteiger partial charge in [0.05, 0.1) is 24.2 Å². The zero-order chi connectivity index (χ0) is 15.5. The van der Waals surface area contributed by atoms with Gasteiger partial charge in [0.25, 0.3) is 0 Å². The minimum Gasteiger partial charge on any atom is -0.481 e. The van der Waals surface area contributed by atoms with Crippen molar-refractivity contribution in [3.8, 4) is 0 Å². The number of carbonyl (C=O) groups is 1. The largest absolute Gasteiger partial charge is 0.481 e. The lowest BCUT2D eigenvalue weighted by Gasteiger charge is -2.38. The van der Waals surface area contributed by atoms with E-state index in [1.165, 1.54) is 0 Å². The van der Waals surface area contributed by atoms with E-state index < -0.39 is 16.9 Å². The van der Waals surface area contributed by atoms with Gasteiger partial charge in [0, 0.05) is 0 Å². The highest BCUT2D eigenvalue weighted by atomic mass is 16.5. The number of aliphatic carboxylic acids is 1. The first-order valence-corrected chi connectivity index (χ1v) is 7.30. The topological polar surface area (TPSA) is 72.5 Å². The number of hydrogen-bond acceptors (Lipinski definition) is 3. The molecule has 21 heavy (non-hydrogen) atoms. The molecule has 4 nitrogen and oxygen atoms in total. The van der Waals surface area contributed by atoms with E-state index in [0.717, 1.165) is 17.5 Å². The second kappa shape index (κ2) is 6.00. The highest BCUT2D eigenvalue weighted by molar-refractivity contribution is 5.81. The van der Waals surface area contributed by atoms with Gasteiger partial charge in [-0.15, -0.1) is 6.58 Å². The summed E-state index contributed by atoms with van der Waals surface area (Å²) in [5.41, 5.74) is 6.69. The molecule has 0 spiro atoms. The van der Waals surface area contributed by atoms with Gasteiger partial charge in [-0.2, -0.15) is 0 Å². The predicted octanol–water partition coefficient (Wildman–Crippen LogP) is 2.57. The predicted molar refractivity (Wildman–Crippen MR) is 82.2 cm³/mol. The Kier molecular flexibility index (Phi) is 4.49. The zero-order valence-corrected chi connectivity index (χ0v) is 12.5. The van der Waals surface area contributed by atoms with E-state index in [2.05, 4.69) is 6.58 Å². The van der Waals surface area contributed by atoms with Gasteiger partial charge in [0.1, 0.15) is 0 Å². The number of benzene rings is 1. The van der Waals surface area contributed by atoms with Crippen molar-refractivity contribution < 1.29 is 14.6 Å². The average molecular weight is 289 g/mol. The summed E-state index contributed by atoms with van der Waals surface area (Å²) in [7, 11) is 0. The van der Waals surface area contributed by atoms with Crippen LogP contribution in [0.3, 0.4) is 0 Å². The summed E-state index contributed by atoms with van der Waals surface area (Å²) < 4.78 is 5.17. The fourth-order valence-electron chi connectivity index (χ4n) is 2.96. The first kappa shape index (κ1) is 15.7. The third kappa shape index (κ3) is 2.74. The van der Waals surface area contributed by atoms with E-state index in [4.69, 9.17) is 10.5 Å². The van der Waals surface area contributed by atoms with Crippen LogP contribution in [0.15, 0.2) is 36.9 Å². The molecule has 1 saturated heterocycles. The van der Waals surface area contributed by atoms with E-state index in [1.807, 2.05) is 31.2 Å². The maximum absolute atomic E-state index is 11.9. The van der Waals surface area contributed by atoms with E-state index in [0.29, 0.717) is 26.1 Å². The van der Waals surface area contributed by atoms with Crippen molar-refractivity contribution in [3.05, 3.63) is 48.0 Å². The molecule has 2 rings (SSSR count). The molecular formula is C17H23NO3. The van der Waals surface area contributed by atoms with Crippen LogP contribution in [0, 0.1) is 0 Å². The molecule has 1 fully saturated rings. The molecule has 1 aliphatic rings. The highest BCUT2D eigenvalue weighted by Crippen LogP contribution is 2.35. The lowest BCUT2D eigenvalue weighted by atomic mass is 9.73. The van der Waals surface area contributed by atoms with Gasteiger partial charge in [-0.3, -0.25) is 4.79 Å². The Morgan fingerprint density at radius 2 is 2.10 bits per heavy atom. The molecule has 1 aromatic rings. The second-order valence-corrected chi connectivity index (χ2v) is 5.86. The quantitative estimate of drug-likeness (QED) is 0.757. The van der Waals surface area contributed by atoms with Crippen molar-refractivity contribution in [2.75, 3.05) is 13.2 Å². The number of nitrogens with two attached hydrogens (primary N) is 1. The molecule has 114 valence electrons. The highest BCUT2D eigenvalue weighted by Gasteiger charge is 2.40. The van der Waals surface area contributed by atoms with Gasteiger partial charge < -0.3 is 15.6 Å². The van der Waals surface area contributed by atoms with Gasteiger partial charge in [0.15, 0.2) is 0 Å². The van der Waals surface area contributed by atoms with Crippen LogP contribution in [0.5, 0.6) is 0 Å². The maximum atomic E-state index is 11.9. The third-order valence-electron chi connectivity index (χ3n) is 4.31. The molecule has 0 saturated carbocycles. The molecular weight excluding hydrogens is 266 g/mol. The minimum absolute atomic E-state index is 0.423. The van der Waals surface area contributed by atoms with Gasteiger partial charge in [-0.1, -0.05) is 43.7 Å². The Morgan fingerprint density at radius 3 is 2.48 bits per heavy atom. The van der Waals surface area contributed by atoms with Gasteiger partial charge in [-0.05, 0) is 24.0 Å². The fourth-order valence-corrected chi connectivity index (χ4v) is 2.96. The van der Waals surface area contributed by atoms with E-state index >= 15 is 0 Å². The molecule has 0 radical (unpaired) electrons. The third-order valence-corrected chi connectivity index (χ3v) is 4.31. The molecule has 1 unspecified atom stereocenters. The van der Waals surface area contributed by atoms with Crippen LogP contribution in [0.1, 0.15) is 37.3 Å². The summed E-state index contributed by atoms with van der Waals surface area (Å²) in [5, 5.41) is 9.73. The molecule has 0 aliphatic carbocycles. The smallest absolute Gasteiger partial charge is 0.314 e. The normalized spacial score (nSPS) is 19.3. The number of rotatable bonds is 7. The second-order valence-electron chi connectivity index (χ2n) is 5.86. The lowest BCUT2D eigenvalue weighted by molar-refractivity contribution is -0.144. The molecule has 0 aromatic heterocycles. The summed E-state index contributed by atoms with van der Waals surface area (Å²) in [4.78, 5) is 11.9. The van der Waals surface area contributed by atoms with Crippen molar-refractivity contribution in [2.24, 2.45) is 5.73 Å². The monoisotopic (exact) mass is 289 g/mol. The number of carboxylic acid groups (broad SMARTS) is 1. The standard InChI is InChI=1S/C17H23NO3/c1-3-9-16(10-4-2,15(19)20)13-5-7-14(8-6-13)17(18)11-21-12-17/h3,5-8H,1,4,9-12,18H2,2H3,(H,19,20). The first-order chi connectivity index (χ1) is 9.98. The van der Waals surface area contributed by atoms with Crippen molar-refractivity contribution >= 4 is 5.97 Å². The molecule has 1 atom stereocenters. The summed E-state index contributed by atoms with van der Waals surface area (Å²) in [6.07, 6.45) is 3.50. The Bertz CT molecular complexity index is 519. The molecule has 0 bridgehead atoms. The van der Waals surface area contributed by atoms with E-state index in [9.17, 15) is 9.90 Å². The van der Waals surface area contributed by atoms with Gasteiger partial charge >= 0.3 is 5.97 Å². The molecule has 1 aliphatic heterocycles. The summed E-state index contributed by atoms with van der Waals surface area (Å²) in [6.45, 7) is 6.73. The van der Waals surface area contributed by atoms with Crippen molar-refractivity contribution in [2.45, 2.75) is 37.1 Å². The van der Waals surface area contributed by atoms with Crippen molar-refractivity contribution in [3.63, 3.8) is 0 Å². The lowest BCUT2D eigenvalue weighted by Crippen LogP contribution is -2.54.